The Labute approximate surface area is 364 Å². The van der Waals surface area contributed by atoms with Crippen LogP contribution >= 0.6 is 0 Å². The molecule has 0 radical (unpaired) electrons. The number of hydrogen-bond donors (Lipinski definition) is 0. The Morgan fingerprint density at radius 2 is 0.710 bits per heavy atom. The van der Waals surface area contributed by atoms with Crippen LogP contribution in [0.5, 0.6) is 0 Å². The van der Waals surface area contributed by atoms with E-state index in [1.54, 1.807) is 0 Å². The van der Waals surface area contributed by atoms with Crippen LogP contribution in [0.1, 0.15) is 25.0 Å². The van der Waals surface area contributed by atoms with Crippen LogP contribution in [0.2, 0.25) is 0 Å². The molecule has 0 bridgehead atoms. The van der Waals surface area contributed by atoms with Crippen molar-refractivity contribution in [2.75, 3.05) is 4.90 Å². The molecule has 1 aliphatic rings. The van der Waals surface area contributed by atoms with Gasteiger partial charge in [0, 0.05) is 22.2 Å². The van der Waals surface area contributed by atoms with Crippen molar-refractivity contribution < 1.29 is 0 Å². The van der Waals surface area contributed by atoms with Crippen molar-refractivity contribution in [3.8, 4) is 66.8 Å². The fourth-order valence-corrected chi connectivity index (χ4v) is 10.00. The molecular formula is C61H45N. The number of hydrogen-bond acceptors (Lipinski definition) is 1. The molecular weight excluding hydrogens is 747 g/mol. The van der Waals surface area contributed by atoms with Crippen LogP contribution in [0, 0.1) is 0 Å². The van der Waals surface area contributed by atoms with E-state index in [9.17, 15) is 0 Å². The van der Waals surface area contributed by atoms with Gasteiger partial charge in [0.05, 0.1) is 11.4 Å². The predicted octanol–water partition coefficient (Wildman–Crippen LogP) is 17.0. The second-order valence-electron chi connectivity index (χ2n) is 16.8. The molecule has 10 aromatic carbocycles. The first kappa shape index (κ1) is 37.3. The highest BCUT2D eigenvalue weighted by molar-refractivity contribution is 6.09. The van der Waals surface area contributed by atoms with E-state index in [4.69, 9.17) is 0 Å². The summed E-state index contributed by atoms with van der Waals surface area (Å²) in [5.41, 5.74) is 20.5. The highest BCUT2D eigenvalue weighted by Crippen LogP contribution is 2.53. The molecule has 294 valence electrons. The van der Waals surface area contributed by atoms with E-state index in [2.05, 4.69) is 255 Å². The number of anilines is 3. The summed E-state index contributed by atoms with van der Waals surface area (Å²) in [7, 11) is 0. The summed E-state index contributed by atoms with van der Waals surface area (Å²) in [6, 6.07) is 86.7. The summed E-state index contributed by atoms with van der Waals surface area (Å²) in [5, 5.41) is 2.46. The van der Waals surface area contributed by atoms with E-state index < -0.39 is 0 Å². The first-order chi connectivity index (χ1) is 30.6. The second-order valence-corrected chi connectivity index (χ2v) is 16.8. The molecule has 0 N–H and O–H groups in total. The molecule has 1 heteroatoms. The summed E-state index contributed by atoms with van der Waals surface area (Å²) < 4.78 is 0. The Morgan fingerprint density at radius 1 is 0.290 bits per heavy atom. The van der Waals surface area contributed by atoms with E-state index in [-0.39, 0.29) is 5.41 Å². The highest BCUT2D eigenvalue weighted by atomic mass is 15.1. The average Bonchev–Trinajstić information content (AvgIpc) is 3.57. The molecule has 0 aliphatic heterocycles. The van der Waals surface area contributed by atoms with Crippen LogP contribution in [0.15, 0.2) is 237 Å². The lowest BCUT2D eigenvalue weighted by Crippen LogP contribution is -2.17. The van der Waals surface area contributed by atoms with E-state index in [0.29, 0.717) is 0 Å². The van der Waals surface area contributed by atoms with Gasteiger partial charge >= 0.3 is 0 Å². The summed E-state index contributed by atoms with van der Waals surface area (Å²) in [6.45, 7) is 4.74. The van der Waals surface area contributed by atoms with Gasteiger partial charge in [-0.1, -0.05) is 226 Å². The zero-order valence-corrected chi connectivity index (χ0v) is 35.0. The first-order valence-corrected chi connectivity index (χ1v) is 21.6. The Balaban J connectivity index is 1.18. The zero-order valence-electron chi connectivity index (χ0n) is 35.0. The molecule has 62 heavy (non-hydrogen) atoms. The Bertz CT molecular complexity index is 3260. The topological polar surface area (TPSA) is 3.24 Å². The fraction of sp³-hybridized carbons (Fsp3) is 0.0492. The average molecular weight is 792 g/mol. The monoisotopic (exact) mass is 791 g/mol. The van der Waals surface area contributed by atoms with Crippen molar-refractivity contribution in [3.63, 3.8) is 0 Å². The van der Waals surface area contributed by atoms with Gasteiger partial charge in [-0.25, -0.2) is 0 Å². The minimum atomic E-state index is -0.166. The lowest BCUT2D eigenvalue weighted by Gasteiger charge is -2.32. The van der Waals surface area contributed by atoms with Crippen molar-refractivity contribution in [2.45, 2.75) is 19.3 Å². The molecule has 1 aliphatic carbocycles. The molecule has 0 unspecified atom stereocenters. The van der Waals surface area contributed by atoms with E-state index >= 15 is 0 Å². The summed E-state index contributed by atoms with van der Waals surface area (Å²) in [6.07, 6.45) is 0. The van der Waals surface area contributed by atoms with Gasteiger partial charge in [-0.05, 0) is 102 Å². The maximum absolute atomic E-state index is 2.52. The third kappa shape index (κ3) is 6.25. The second kappa shape index (κ2) is 15.4. The molecule has 0 saturated heterocycles. The third-order valence-corrected chi connectivity index (χ3v) is 12.9. The van der Waals surface area contributed by atoms with Gasteiger partial charge in [0.1, 0.15) is 0 Å². The molecule has 0 spiro atoms. The lowest BCUT2D eigenvalue weighted by molar-refractivity contribution is 0.660. The standard InChI is InChI=1S/C61H45N/c1-61(2)56-36-16-13-31-51(56)52-40-39-45(41-57(52)61)62(59-38-18-15-33-54(59)55-35-20-26-44-25-19-34-47(60(44)55)43-23-7-4-8-24-43)58-37-17-14-32-53(58)50-30-12-11-29-49(50)48-28-10-9-27-46(48)42-21-5-3-6-22-42/h3-41H,1-2H3. The number of rotatable bonds is 8. The molecule has 0 atom stereocenters. The molecule has 0 fully saturated rings. The molecule has 0 aromatic heterocycles. The molecule has 10 aromatic rings. The Hall–Kier alpha value is -7.74. The first-order valence-electron chi connectivity index (χ1n) is 21.6. The summed E-state index contributed by atoms with van der Waals surface area (Å²) in [4.78, 5) is 2.52. The van der Waals surface area contributed by atoms with E-state index in [1.165, 1.54) is 83.1 Å². The van der Waals surface area contributed by atoms with Crippen molar-refractivity contribution in [1.82, 2.24) is 0 Å². The summed E-state index contributed by atoms with van der Waals surface area (Å²) in [5.74, 6) is 0. The van der Waals surface area contributed by atoms with Crippen LogP contribution in [-0.4, -0.2) is 0 Å². The molecule has 1 nitrogen and oxygen atoms in total. The molecule has 0 amide bonds. The molecule has 0 heterocycles. The normalized spacial score (nSPS) is 12.5. The molecule has 0 saturated carbocycles. The lowest BCUT2D eigenvalue weighted by atomic mass is 9.82. The summed E-state index contributed by atoms with van der Waals surface area (Å²) >= 11 is 0. The SMILES string of the molecule is CC1(C)c2ccccc2-c2ccc(N(c3ccccc3-c3ccccc3-c3ccccc3-c3ccccc3)c3ccccc3-c3cccc4cccc(-c5ccccc5)c34)cc21. The minimum absolute atomic E-state index is 0.166. The van der Waals surface area contributed by atoms with Crippen molar-refractivity contribution in [2.24, 2.45) is 0 Å². The van der Waals surface area contributed by atoms with Crippen molar-refractivity contribution in [3.05, 3.63) is 248 Å². The van der Waals surface area contributed by atoms with Gasteiger partial charge in [0.15, 0.2) is 0 Å². The quantitative estimate of drug-likeness (QED) is 0.148. The van der Waals surface area contributed by atoms with Gasteiger partial charge in [-0.3, -0.25) is 0 Å². The van der Waals surface area contributed by atoms with Crippen molar-refractivity contribution in [1.29, 1.82) is 0 Å². The number of fused-ring (bicyclic) bond motifs is 4. The highest BCUT2D eigenvalue weighted by Gasteiger charge is 2.36. The minimum Gasteiger partial charge on any atom is -0.309 e. The van der Waals surface area contributed by atoms with Crippen LogP contribution < -0.4 is 4.90 Å². The van der Waals surface area contributed by atoms with Gasteiger partial charge in [-0.2, -0.15) is 0 Å². The fourth-order valence-electron chi connectivity index (χ4n) is 10.00. The van der Waals surface area contributed by atoms with Crippen LogP contribution in [0.25, 0.3) is 77.5 Å². The van der Waals surface area contributed by atoms with Crippen LogP contribution in [0.3, 0.4) is 0 Å². The van der Waals surface area contributed by atoms with E-state index in [1.807, 2.05) is 0 Å². The van der Waals surface area contributed by atoms with Gasteiger partial charge in [0.25, 0.3) is 0 Å². The maximum atomic E-state index is 2.52. The maximum Gasteiger partial charge on any atom is 0.0540 e. The van der Waals surface area contributed by atoms with E-state index in [0.717, 1.165) is 22.6 Å². The largest absolute Gasteiger partial charge is 0.309 e. The van der Waals surface area contributed by atoms with Gasteiger partial charge in [0.2, 0.25) is 0 Å². The molecule has 11 rings (SSSR count). The van der Waals surface area contributed by atoms with Crippen LogP contribution in [0.4, 0.5) is 17.1 Å². The Morgan fingerprint density at radius 3 is 1.34 bits per heavy atom. The number of nitrogens with zero attached hydrogens (tertiary/aromatic N) is 1. The third-order valence-electron chi connectivity index (χ3n) is 12.9. The predicted molar refractivity (Wildman–Crippen MR) is 263 cm³/mol. The number of para-hydroxylation sites is 2. The van der Waals surface area contributed by atoms with Gasteiger partial charge in [-0.15, -0.1) is 0 Å². The number of benzene rings is 10. The van der Waals surface area contributed by atoms with Crippen molar-refractivity contribution >= 4 is 27.8 Å². The van der Waals surface area contributed by atoms with Gasteiger partial charge < -0.3 is 4.90 Å². The Kier molecular flexibility index (Phi) is 9.24. The van der Waals surface area contributed by atoms with Crippen LogP contribution in [-0.2, 0) is 5.41 Å². The zero-order chi connectivity index (χ0) is 41.6. The smallest absolute Gasteiger partial charge is 0.0540 e.